The summed E-state index contributed by atoms with van der Waals surface area (Å²) in [5.41, 5.74) is -1.12. The number of anilines is 1. The molecule has 3 rings (SSSR count). The number of hydrogen-bond acceptors (Lipinski definition) is 8. The van der Waals surface area contributed by atoms with E-state index >= 15 is 0 Å². The molecule has 0 spiro atoms. The molecule has 3 aromatic rings. The van der Waals surface area contributed by atoms with Gasteiger partial charge in [-0.2, -0.15) is 13.2 Å². The van der Waals surface area contributed by atoms with Crippen molar-refractivity contribution in [3.8, 4) is 5.88 Å². The van der Waals surface area contributed by atoms with E-state index < -0.39 is 28.6 Å². The van der Waals surface area contributed by atoms with Crippen molar-refractivity contribution in [1.29, 1.82) is 0 Å². The van der Waals surface area contributed by atoms with Gasteiger partial charge in [0.15, 0.2) is 5.78 Å². The Morgan fingerprint density at radius 2 is 1.91 bits per heavy atom. The number of carbonyl (C=O) groups is 2. The summed E-state index contributed by atoms with van der Waals surface area (Å²) >= 11 is 12.6. The summed E-state index contributed by atoms with van der Waals surface area (Å²) in [6.07, 6.45) is -1.49. The number of hydrogen-bond donors (Lipinski definition) is 1. The third-order valence-corrected chi connectivity index (χ3v) is 6.15. The Kier molecular flexibility index (Phi) is 7.50. The molecule has 14 heteroatoms. The van der Waals surface area contributed by atoms with Gasteiger partial charge in [0.2, 0.25) is 5.88 Å². The number of aromatic nitrogens is 4. The van der Waals surface area contributed by atoms with Crippen molar-refractivity contribution in [2.24, 2.45) is 0 Å². The Bertz CT molecular complexity index is 1210. The summed E-state index contributed by atoms with van der Waals surface area (Å²) in [6.45, 7) is 1.72. The highest BCUT2D eigenvalue weighted by molar-refractivity contribution is 7.13. The van der Waals surface area contributed by atoms with E-state index in [9.17, 15) is 22.8 Å². The molecule has 1 N–H and O–H groups in total. The van der Waals surface area contributed by atoms with Crippen LogP contribution in [0.15, 0.2) is 24.8 Å². The molecule has 0 unspecified atom stereocenters. The van der Waals surface area contributed by atoms with Gasteiger partial charge in [-0.25, -0.2) is 19.9 Å². The molecule has 0 aromatic carbocycles. The zero-order valence-corrected chi connectivity index (χ0v) is 19.2. The fraction of sp³-hybridized carbons (Fsp3) is 0.263. The van der Waals surface area contributed by atoms with Gasteiger partial charge in [-0.05, 0) is 6.07 Å². The van der Waals surface area contributed by atoms with Gasteiger partial charge in [0.25, 0.3) is 5.91 Å². The Morgan fingerprint density at radius 1 is 1.18 bits per heavy atom. The van der Waals surface area contributed by atoms with E-state index in [1.54, 1.807) is 6.92 Å². The molecule has 1 atom stereocenters. The van der Waals surface area contributed by atoms with Crippen molar-refractivity contribution < 1.29 is 27.5 Å². The molecule has 33 heavy (non-hydrogen) atoms. The van der Waals surface area contributed by atoms with Gasteiger partial charge >= 0.3 is 6.18 Å². The smallest absolute Gasteiger partial charge is 0.418 e. The molecule has 0 aliphatic carbocycles. The fourth-order valence-corrected chi connectivity index (χ4v) is 4.03. The van der Waals surface area contributed by atoms with Crippen molar-refractivity contribution in [3.63, 3.8) is 0 Å². The maximum absolute atomic E-state index is 13.0. The average molecular weight is 520 g/mol. The monoisotopic (exact) mass is 519 g/mol. The maximum atomic E-state index is 13.0. The first-order valence-electron chi connectivity index (χ1n) is 9.08. The SMILES string of the molecule is COc1ncnc(C(=O)C[C@H](C)c2ncc(C(=O)Nc3cc(C(F)(F)F)c(Cl)cn3)s2)c1Cl. The molecule has 1 amide bonds. The van der Waals surface area contributed by atoms with E-state index in [2.05, 4.69) is 25.3 Å². The van der Waals surface area contributed by atoms with Gasteiger partial charge in [0, 0.05) is 18.5 Å². The lowest BCUT2D eigenvalue weighted by Crippen LogP contribution is -2.13. The van der Waals surface area contributed by atoms with Gasteiger partial charge in [-0.3, -0.25) is 9.59 Å². The lowest BCUT2D eigenvalue weighted by Gasteiger charge is -2.10. The van der Waals surface area contributed by atoms with Crippen LogP contribution in [-0.2, 0) is 6.18 Å². The fourth-order valence-electron chi connectivity index (χ4n) is 2.68. The minimum atomic E-state index is -4.70. The van der Waals surface area contributed by atoms with Crippen LogP contribution in [0.2, 0.25) is 10.0 Å². The molecule has 8 nitrogen and oxygen atoms in total. The number of methoxy groups -OCH3 is 1. The van der Waals surface area contributed by atoms with Crippen molar-refractivity contribution in [3.05, 3.63) is 56.0 Å². The number of rotatable bonds is 7. The number of ether oxygens (including phenoxy) is 1. The van der Waals surface area contributed by atoms with Crippen molar-refractivity contribution >= 4 is 52.0 Å². The van der Waals surface area contributed by atoms with Crippen LogP contribution in [0.1, 0.15) is 50.0 Å². The number of pyridine rings is 1. The van der Waals surface area contributed by atoms with Gasteiger partial charge in [0.1, 0.15) is 27.7 Å². The van der Waals surface area contributed by atoms with Crippen LogP contribution in [0, 0.1) is 0 Å². The van der Waals surface area contributed by atoms with Crippen LogP contribution in [0.5, 0.6) is 5.88 Å². The zero-order chi connectivity index (χ0) is 24.3. The molecule has 0 fully saturated rings. The maximum Gasteiger partial charge on any atom is 0.418 e. The van der Waals surface area contributed by atoms with E-state index in [1.165, 1.54) is 13.3 Å². The molecule has 3 heterocycles. The van der Waals surface area contributed by atoms with Crippen LogP contribution >= 0.6 is 34.5 Å². The molecule has 0 radical (unpaired) electrons. The summed E-state index contributed by atoms with van der Waals surface area (Å²) < 4.78 is 43.9. The Hall–Kier alpha value is -2.83. The predicted molar refractivity (Wildman–Crippen MR) is 115 cm³/mol. The molecule has 0 aliphatic heterocycles. The zero-order valence-electron chi connectivity index (χ0n) is 16.9. The van der Waals surface area contributed by atoms with Crippen LogP contribution in [-0.4, -0.2) is 38.7 Å². The third kappa shape index (κ3) is 5.75. The molecular weight excluding hydrogens is 506 g/mol. The van der Waals surface area contributed by atoms with E-state index in [0.717, 1.165) is 23.9 Å². The van der Waals surface area contributed by atoms with Gasteiger partial charge in [0.05, 0.1) is 28.9 Å². The highest BCUT2D eigenvalue weighted by atomic mass is 35.5. The second-order valence-corrected chi connectivity index (χ2v) is 8.49. The molecular formula is C19H14Cl2F3N5O3S. The van der Waals surface area contributed by atoms with Gasteiger partial charge in [-0.1, -0.05) is 30.1 Å². The van der Waals surface area contributed by atoms with Crippen molar-refractivity contribution in [2.75, 3.05) is 12.4 Å². The van der Waals surface area contributed by atoms with Crippen LogP contribution in [0.3, 0.4) is 0 Å². The largest absolute Gasteiger partial charge is 0.480 e. The Labute approximate surface area is 199 Å². The molecule has 3 aromatic heterocycles. The van der Waals surface area contributed by atoms with Gasteiger partial charge < -0.3 is 10.1 Å². The predicted octanol–water partition coefficient (Wildman–Crippen LogP) is 5.29. The summed E-state index contributed by atoms with van der Waals surface area (Å²) in [4.78, 5) is 40.7. The summed E-state index contributed by atoms with van der Waals surface area (Å²) in [7, 11) is 1.36. The normalized spacial score (nSPS) is 12.3. The standard InChI is InChI=1S/C19H14Cl2F3N5O3S/c1-8(3-11(30)15-14(21)17(32-2)28-7-27-15)18-26-6-12(33-18)16(31)29-13-4-9(19(22,23)24)10(20)5-25-13/h4-8H,3H2,1-2H3,(H,25,29,31)/t8-/m0/s1. The van der Waals surface area contributed by atoms with Gasteiger partial charge in [-0.15, -0.1) is 11.3 Å². The molecule has 0 saturated carbocycles. The quantitative estimate of drug-likeness (QED) is 0.422. The number of ketones is 1. The Balaban J connectivity index is 1.70. The Morgan fingerprint density at radius 3 is 2.58 bits per heavy atom. The number of nitrogens with one attached hydrogen (secondary N) is 1. The molecule has 174 valence electrons. The number of nitrogens with zero attached hydrogens (tertiary/aromatic N) is 4. The first kappa shape index (κ1) is 24.8. The third-order valence-electron chi connectivity index (χ3n) is 4.28. The van der Waals surface area contributed by atoms with E-state index in [0.29, 0.717) is 11.1 Å². The van der Waals surface area contributed by atoms with E-state index in [1.807, 2.05) is 0 Å². The van der Waals surface area contributed by atoms with Crippen LogP contribution in [0.4, 0.5) is 19.0 Å². The lowest BCUT2D eigenvalue weighted by atomic mass is 10.0. The summed E-state index contributed by atoms with van der Waals surface area (Å²) in [5.74, 6) is -1.72. The second-order valence-electron chi connectivity index (χ2n) is 6.64. The number of Topliss-reactive ketones (excluding diaryl/α,β-unsaturated/α-hetero) is 1. The highest BCUT2D eigenvalue weighted by Crippen LogP contribution is 2.35. The summed E-state index contributed by atoms with van der Waals surface area (Å²) in [5, 5.41) is 2.15. The first-order chi connectivity index (χ1) is 15.5. The number of alkyl halides is 3. The first-order valence-corrected chi connectivity index (χ1v) is 10.7. The van der Waals surface area contributed by atoms with Crippen molar-refractivity contribution in [1.82, 2.24) is 19.9 Å². The summed E-state index contributed by atoms with van der Waals surface area (Å²) in [6, 6.07) is 0.642. The second kappa shape index (κ2) is 9.98. The topological polar surface area (TPSA) is 107 Å². The van der Waals surface area contributed by atoms with E-state index in [-0.39, 0.29) is 39.5 Å². The molecule has 0 saturated heterocycles. The average Bonchev–Trinajstić information content (AvgIpc) is 3.25. The van der Waals surface area contributed by atoms with E-state index in [4.69, 9.17) is 27.9 Å². The molecule has 0 bridgehead atoms. The van der Waals surface area contributed by atoms with Crippen LogP contribution < -0.4 is 10.1 Å². The minimum absolute atomic E-state index is 0.000768. The van der Waals surface area contributed by atoms with Crippen LogP contribution in [0.25, 0.3) is 0 Å². The molecule has 0 aliphatic rings. The minimum Gasteiger partial charge on any atom is -0.480 e. The lowest BCUT2D eigenvalue weighted by molar-refractivity contribution is -0.137. The number of halogens is 5. The number of thiazole rings is 1. The number of amides is 1. The van der Waals surface area contributed by atoms with Crippen molar-refractivity contribution in [2.45, 2.75) is 25.4 Å². The number of carbonyl (C=O) groups excluding carboxylic acids is 2. The highest BCUT2D eigenvalue weighted by Gasteiger charge is 2.34.